The third-order valence-electron chi connectivity index (χ3n) is 3.95. The Hall–Kier alpha value is -1.88. The maximum atomic E-state index is 11.7. The van der Waals surface area contributed by atoms with E-state index in [9.17, 15) is 4.79 Å². The van der Waals surface area contributed by atoms with Gasteiger partial charge < -0.3 is 9.47 Å². The molecule has 0 atom stereocenters. The van der Waals surface area contributed by atoms with E-state index in [1.807, 2.05) is 18.2 Å². The number of fused-ring (bicyclic) bond motifs is 1. The van der Waals surface area contributed by atoms with Crippen LogP contribution in [-0.2, 0) is 15.9 Å². The van der Waals surface area contributed by atoms with Crippen molar-refractivity contribution in [2.45, 2.75) is 38.2 Å². The lowest BCUT2D eigenvalue weighted by Gasteiger charge is -2.09. The van der Waals surface area contributed by atoms with Gasteiger partial charge in [0, 0.05) is 6.42 Å². The fourth-order valence-electron chi connectivity index (χ4n) is 2.83. The molecular weight excluding hydrogens is 268 g/mol. The van der Waals surface area contributed by atoms with Crippen molar-refractivity contribution in [2.75, 3.05) is 13.7 Å². The summed E-state index contributed by atoms with van der Waals surface area (Å²) in [7, 11) is 1.38. The highest BCUT2D eigenvalue weighted by Gasteiger charge is 2.16. The second-order valence-corrected chi connectivity index (χ2v) is 5.40. The smallest absolute Gasteiger partial charge is 0.356 e. The molecule has 2 aromatic rings. The molecule has 5 heteroatoms. The van der Waals surface area contributed by atoms with E-state index in [0.717, 1.165) is 17.6 Å². The van der Waals surface area contributed by atoms with Crippen LogP contribution in [0.1, 0.15) is 41.9 Å². The van der Waals surface area contributed by atoms with Crippen LogP contribution in [0.25, 0.3) is 5.52 Å². The Morgan fingerprint density at radius 2 is 2.19 bits per heavy atom. The molecule has 21 heavy (non-hydrogen) atoms. The van der Waals surface area contributed by atoms with Crippen LogP contribution >= 0.6 is 0 Å². The molecule has 0 spiro atoms. The summed E-state index contributed by atoms with van der Waals surface area (Å²) in [5.74, 6) is -0.377. The maximum Gasteiger partial charge on any atom is 0.356 e. The number of ether oxygens (including phenoxy) is 2. The molecule has 0 unspecified atom stereocenters. The standard InChI is InChI=1S/C16H20N2O3/c1-20-16(19)15-8-4-5-13-11-12(17-18(13)15)9-10-21-14-6-2-3-7-14/h4-5,8,11,14H,2-3,6-7,9-10H2,1H3. The number of pyridine rings is 1. The van der Waals surface area contributed by atoms with Crippen LogP contribution in [0.4, 0.5) is 0 Å². The van der Waals surface area contributed by atoms with Crippen LogP contribution in [0.2, 0.25) is 0 Å². The van der Waals surface area contributed by atoms with Gasteiger partial charge in [-0.25, -0.2) is 9.31 Å². The maximum absolute atomic E-state index is 11.7. The molecule has 1 aliphatic carbocycles. The second kappa shape index (κ2) is 6.26. The van der Waals surface area contributed by atoms with Crippen LogP contribution < -0.4 is 0 Å². The number of methoxy groups -OCH3 is 1. The fraction of sp³-hybridized carbons (Fsp3) is 0.500. The summed E-state index contributed by atoms with van der Waals surface area (Å²) in [5.41, 5.74) is 2.27. The Kier molecular flexibility index (Phi) is 4.20. The van der Waals surface area contributed by atoms with Crippen LogP contribution in [0, 0.1) is 0 Å². The Morgan fingerprint density at radius 1 is 1.38 bits per heavy atom. The minimum atomic E-state index is -0.377. The van der Waals surface area contributed by atoms with Gasteiger partial charge in [-0.1, -0.05) is 18.9 Å². The van der Waals surface area contributed by atoms with Gasteiger partial charge in [0.15, 0.2) is 5.69 Å². The van der Waals surface area contributed by atoms with Crippen LogP contribution in [0.3, 0.4) is 0 Å². The van der Waals surface area contributed by atoms with E-state index >= 15 is 0 Å². The van der Waals surface area contributed by atoms with E-state index in [4.69, 9.17) is 9.47 Å². The van der Waals surface area contributed by atoms with Crippen molar-refractivity contribution in [3.63, 3.8) is 0 Å². The molecule has 5 nitrogen and oxygen atoms in total. The zero-order valence-electron chi connectivity index (χ0n) is 12.2. The van der Waals surface area contributed by atoms with Crippen molar-refractivity contribution in [1.29, 1.82) is 0 Å². The molecule has 1 saturated carbocycles. The Bertz CT molecular complexity index is 629. The first-order valence-corrected chi connectivity index (χ1v) is 7.45. The molecular formula is C16H20N2O3. The minimum absolute atomic E-state index is 0.377. The van der Waals surface area contributed by atoms with Gasteiger partial charge in [-0.2, -0.15) is 5.10 Å². The van der Waals surface area contributed by atoms with Gasteiger partial charge in [-0.05, 0) is 31.0 Å². The molecule has 2 aromatic heterocycles. The average molecular weight is 288 g/mol. The van der Waals surface area contributed by atoms with E-state index in [1.165, 1.54) is 32.8 Å². The van der Waals surface area contributed by atoms with Crippen molar-refractivity contribution >= 4 is 11.5 Å². The number of hydrogen-bond acceptors (Lipinski definition) is 4. The van der Waals surface area contributed by atoms with E-state index in [0.29, 0.717) is 18.4 Å². The van der Waals surface area contributed by atoms with Crippen molar-refractivity contribution < 1.29 is 14.3 Å². The molecule has 0 radical (unpaired) electrons. The number of rotatable bonds is 5. The third kappa shape index (κ3) is 3.08. The summed E-state index contributed by atoms with van der Waals surface area (Å²) >= 11 is 0. The number of nitrogens with zero attached hydrogens (tertiary/aromatic N) is 2. The lowest BCUT2D eigenvalue weighted by molar-refractivity contribution is 0.0590. The Balaban J connectivity index is 1.70. The number of carbonyl (C=O) groups is 1. The first-order valence-electron chi connectivity index (χ1n) is 7.45. The summed E-state index contributed by atoms with van der Waals surface area (Å²) < 4.78 is 12.3. The monoisotopic (exact) mass is 288 g/mol. The predicted octanol–water partition coefficient (Wildman–Crippen LogP) is 2.62. The Labute approximate surface area is 123 Å². The SMILES string of the molecule is COC(=O)c1cccc2cc(CCOC3CCCC3)nn12. The normalized spacial score (nSPS) is 15.7. The summed E-state index contributed by atoms with van der Waals surface area (Å²) in [5, 5.41) is 4.48. The van der Waals surface area contributed by atoms with Gasteiger partial charge in [0.05, 0.1) is 31.0 Å². The van der Waals surface area contributed by atoms with Crippen molar-refractivity contribution in [3.8, 4) is 0 Å². The predicted molar refractivity (Wildman–Crippen MR) is 78.4 cm³/mol. The molecule has 1 aliphatic rings. The van der Waals surface area contributed by atoms with Crippen LogP contribution in [0.5, 0.6) is 0 Å². The largest absolute Gasteiger partial charge is 0.464 e. The molecule has 0 amide bonds. The molecule has 3 rings (SSSR count). The zero-order valence-corrected chi connectivity index (χ0v) is 12.2. The highest BCUT2D eigenvalue weighted by molar-refractivity contribution is 5.88. The van der Waals surface area contributed by atoms with Gasteiger partial charge >= 0.3 is 5.97 Å². The van der Waals surface area contributed by atoms with E-state index < -0.39 is 0 Å². The number of aromatic nitrogens is 2. The minimum Gasteiger partial charge on any atom is -0.464 e. The quantitative estimate of drug-likeness (QED) is 0.794. The third-order valence-corrected chi connectivity index (χ3v) is 3.95. The molecule has 0 aromatic carbocycles. The summed E-state index contributed by atoms with van der Waals surface area (Å²) in [4.78, 5) is 11.7. The number of hydrogen-bond donors (Lipinski definition) is 0. The lowest BCUT2D eigenvalue weighted by Crippen LogP contribution is -2.11. The van der Waals surface area contributed by atoms with E-state index in [2.05, 4.69) is 5.10 Å². The molecule has 112 valence electrons. The van der Waals surface area contributed by atoms with Gasteiger partial charge in [-0.3, -0.25) is 0 Å². The van der Waals surface area contributed by atoms with Gasteiger partial charge in [0.1, 0.15) is 0 Å². The van der Waals surface area contributed by atoms with E-state index in [-0.39, 0.29) is 5.97 Å². The summed E-state index contributed by atoms with van der Waals surface area (Å²) in [6.45, 7) is 0.683. The van der Waals surface area contributed by atoms with Gasteiger partial charge in [-0.15, -0.1) is 0 Å². The Morgan fingerprint density at radius 3 is 2.95 bits per heavy atom. The van der Waals surface area contributed by atoms with E-state index in [1.54, 1.807) is 10.6 Å². The highest BCUT2D eigenvalue weighted by atomic mass is 16.5. The molecule has 0 N–H and O–H groups in total. The van der Waals surface area contributed by atoms with Crippen LogP contribution in [0.15, 0.2) is 24.3 Å². The molecule has 0 aliphatic heterocycles. The summed E-state index contributed by atoms with van der Waals surface area (Å²) in [6, 6.07) is 7.47. The van der Waals surface area contributed by atoms with Crippen molar-refractivity contribution in [2.24, 2.45) is 0 Å². The number of carbonyl (C=O) groups excluding carboxylic acids is 1. The summed E-state index contributed by atoms with van der Waals surface area (Å²) in [6.07, 6.45) is 6.10. The molecule has 0 saturated heterocycles. The van der Waals surface area contributed by atoms with Gasteiger partial charge in [0.2, 0.25) is 0 Å². The average Bonchev–Trinajstić information content (AvgIpc) is 3.14. The first-order chi connectivity index (χ1) is 10.3. The lowest BCUT2D eigenvalue weighted by atomic mass is 10.3. The number of esters is 1. The van der Waals surface area contributed by atoms with Crippen molar-refractivity contribution in [1.82, 2.24) is 9.61 Å². The molecule has 0 bridgehead atoms. The molecule has 1 fully saturated rings. The zero-order chi connectivity index (χ0) is 14.7. The first kappa shape index (κ1) is 14.1. The highest BCUT2D eigenvalue weighted by Crippen LogP contribution is 2.21. The topological polar surface area (TPSA) is 52.8 Å². The second-order valence-electron chi connectivity index (χ2n) is 5.40. The van der Waals surface area contributed by atoms with Crippen molar-refractivity contribution in [3.05, 3.63) is 35.7 Å². The van der Waals surface area contributed by atoms with Crippen LogP contribution in [-0.4, -0.2) is 35.4 Å². The van der Waals surface area contributed by atoms with Gasteiger partial charge in [0.25, 0.3) is 0 Å². The fourth-order valence-corrected chi connectivity index (χ4v) is 2.83. The molecule has 2 heterocycles.